The van der Waals surface area contributed by atoms with Crippen LogP contribution in [0.4, 0.5) is 5.13 Å². The molecule has 0 unspecified atom stereocenters. The second kappa shape index (κ2) is 7.37. The van der Waals surface area contributed by atoms with Gasteiger partial charge in [-0.15, -0.1) is 11.3 Å². The van der Waals surface area contributed by atoms with Crippen molar-refractivity contribution in [1.82, 2.24) is 4.98 Å². The van der Waals surface area contributed by atoms with Crippen LogP contribution in [0, 0.1) is 20.8 Å². The van der Waals surface area contributed by atoms with Crippen LogP contribution in [0.5, 0.6) is 0 Å². The highest BCUT2D eigenvalue weighted by molar-refractivity contribution is 7.16. The Morgan fingerprint density at radius 3 is 2.61 bits per heavy atom. The van der Waals surface area contributed by atoms with Crippen molar-refractivity contribution in [2.45, 2.75) is 40.0 Å². The van der Waals surface area contributed by atoms with Gasteiger partial charge < -0.3 is 10.4 Å². The number of aromatic nitrogens is 1. The first-order chi connectivity index (χ1) is 10.9. The third-order valence-corrected chi connectivity index (χ3v) is 4.36. The van der Waals surface area contributed by atoms with E-state index in [1.54, 1.807) is 0 Å². The molecule has 1 amide bonds. The minimum atomic E-state index is -0.889. The normalized spacial score (nSPS) is 10.6. The zero-order valence-electron chi connectivity index (χ0n) is 13.5. The van der Waals surface area contributed by atoms with Crippen molar-refractivity contribution < 1.29 is 14.7 Å². The lowest BCUT2D eigenvalue weighted by atomic mass is 10.0. The number of carbonyl (C=O) groups is 2. The number of aryl methyl sites for hydroxylation is 3. The SMILES string of the molecule is Cc1ccc(-c2nc(NC(=O)CCCC(=O)O)sc2C)c(C)c1. The van der Waals surface area contributed by atoms with Gasteiger partial charge in [-0.3, -0.25) is 9.59 Å². The Kier molecular flexibility index (Phi) is 5.50. The number of amides is 1. The zero-order valence-corrected chi connectivity index (χ0v) is 14.3. The van der Waals surface area contributed by atoms with E-state index >= 15 is 0 Å². The standard InChI is InChI=1S/C17H20N2O3S/c1-10-7-8-13(11(2)9-10)16-12(3)23-17(19-16)18-14(20)5-4-6-15(21)22/h7-9H,4-6H2,1-3H3,(H,21,22)(H,18,19,20). The highest BCUT2D eigenvalue weighted by Crippen LogP contribution is 2.32. The molecule has 0 fully saturated rings. The molecule has 2 aromatic rings. The second-order valence-electron chi connectivity index (χ2n) is 5.54. The van der Waals surface area contributed by atoms with Crippen LogP contribution in [0.2, 0.25) is 0 Å². The number of carboxylic acid groups (broad SMARTS) is 1. The van der Waals surface area contributed by atoms with Crippen LogP contribution in [0.15, 0.2) is 18.2 Å². The Morgan fingerprint density at radius 2 is 1.96 bits per heavy atom. The molecule has 0 aliphatic heterocycles. The summed E-state index contributed by atoms with van der Waals surface area (Å²) in [5.41, 5.74) is 4.30. The zero-order chi connectivity index (χ0) is 17.0. The molecule has 23 heavy (non-hydrogen) atoms. The minimum Gasteiger partial charge on any atom is -0.481 e. The molecule has 1 aromatic carbocycles. The van der Waals surface area contributed by atoms with Crippen LogP contribution in [0.1, 0.15) is 35.3 Å². The van der Waals surface area contributed by atoms with Crippen LogP contribution >= 0.6 is 11.3 Å². The number of aliphatic carboxylic acids is 1. The van der Waals surface area contributed by atoms with Crippen molar-refractivity contribution >= 4 is 28.3 Å². The van der Waals surface area contributed by atoms with Crippen LogP contribution in [-0.2, 0) is 9.59 Å². The summed E-state index contributed by atoms with van der Waals surface area (Å²) in [4.78, 5) is 27.8. The van der Waals surface area contributed by atoms with Gasteiger partial charge in [-0.2, -0.15) is 0 Å². The van der Waals surface area contributed by atoms with Gasteiger partial charge in [0.2, 0.25) is 5.91 Å². The van der Waals surface area contributed by atoms with E-state index in [1.807, 2.05) is 32.9 Å². The van der Waals surface area contributed by atoms with Gasteiger partial charge in [0.15, 0.2) is 5.13 Å². The summed E-state index contributed by atoms with van der Waals surface area (Å²) in [6, 6.07) is 6.20. The molecular weight excluding hydrogens is 312 g/mol. The smallest absolute Gasteiger partial charge is 0.303 e. The molecule has 0 radical (unpaired) electrons. The molecule has 1 aromatic heterocycles. The molecule has 0 bridgehead atoms. The first kappa shape index (κ1) is 17.1. The molecule has 122 valence electrons. The highest BCUT2D eigenvalue weighted by atomic mass is 32.1. The molecular formula is C17H20N2O3S. The maximum absolute atomic E-state index is 11.8. The van der Waals surface area contributed by atoms with Crippen molar-refractivity contribution in [3.8, 4) is 11.3 Å². The number of hydrogen-bond donors (Lipinski definition) is 2. The van der Waals surface area contributed by atoms with Crippen LogP contribution < -0.4 is 5.32 Å². The van der Waals surface area contributed by atoms with Gasteiger partial charge in [0.05, 0.1) is 5.69 Å². The van der Waals surface area contributed by atoms with Gasteiger partial charge in [-0.25, -0.2) is 4.98 Å². The van der Waals surface area contributed by atoms with E-state index in [2.05, 4.69) is 16.4 Å². The van der Waals surface area contributed by atoms with Gasteiger partial charge in [-0.1, -0.05) is 23.8 Å². The monoisotopic (exact) mass is 332 g/mol. The predicted octanol–water partition coefficient (Wildman–Crippen LogP) is 3.93. The fourth-order valence-corrected chi connectivity index (χ4v) is 3.21. The Balaban J connectivity index is 2.09. The fourth-order valence-electron chi connectivity index (χ4n) is 2.36. The Hall–Kier alpha value is -2.21. The lowest BCUT2D eigenvalue weighted by molar-refractivity contribution is -0.137. The molecule has 0 aliphatic carbocycles. The number of nitrogens with zero attached hydrogens (tertiary/aromatic N) is 1. The molecule has 5 nitrogen and oxygen atoms in total. The predicted molar refractivity (Wildman–Crippen MR) is 91.9 cm³/mol. The average Bonchev–Trinajstić information content (AvgIpc) is 2.78. The van der Waals surface area contributed by atoms with Crippen LogP contribution in [0.25, 0.3) is 11.3 Å². The minimum absolute atomic E-state index is 0.00186. The molecule has 0 atom stereocenters. The van der Waals surface area contributed by atoms with E-state index in [9.17, 15) is 9.59 Å². The molecule has 2 N–H and O–H groups in total. The Labute approximate surface area is 139 Å². The van der Waals surface area contributed by atoms with Gasteiger partial charge in [0.1, 0.15) is 0 Å². The first-order valence-electron chi connectivity index (χ1n) is 7.43. The summed E-state index contributed by atoms with van der Waals surface area (Å²) in [6.45, 7) is 6.07. The Bertz CT molecular complexity index is 737. The number of nitrogens with one attached hydrogen (secondary N) is 1. The number of carbonyl (C=O) groups excluding carboxylic acids is 1. The van der Waals surface area contributed by atoms with Gasteiger partial charge in [-0.05, 0) is 32.8 Å². The number of thiazole rings is 1. The Morgan fingerprint density at radius 1 is 1.22 bits per heavy atom. The number of anilines is 1. The van der Waals surface area contributed by atoms with Crippen molar-refractivity contribution in [2.24, 2.45) is 0 Å². The summed E-state index contributed by atoms with van der Waals surface area (Å²) in [5.74, 6) is -1.09. The molecule has 6 heteroatoms. The maximum Gasteiger partial charge on any atom is 0.303 e. The number of rotatable bonds is 6. The summed E-state index contributed by atoms with van der Waals surface area (Å²) in [7, 11) is 0. The number of benzene rings is 1. The van der Waals surface area contributed by atoms with Crippen molar-refractivity contribution in [3.05, 3.63) is 34.2 Å². The van der Waals surface area contributed by atoms with E-state index in [-0.39, 0.29) is 18.7 Å². The van der Waals surface area contributed by atoms with Gasteiger partial charge in [0, 0.05) is 23.3 Å². The molecule has 0 saturated heterocycles. The lowest BCUT2D eigenvalue weighted by Gasteiger charge is -2.05. The second-order valence-corrected chi connectivity index (χ2v) is 6.74. The molecule has 2 rings (SSSR count). The van der Waals surface area contributed by atoms with E-state index in [4.69, 9.17) is 5.11 Å². The fraction of sp³-hybridized carbons (Fsp3) is 0.353. The summed E-state index contributed by atoms with van der Waals surface area (Å²) in [6.07, 6.45) is 0.511. The highest BCUT2D eigenvalue weighted by Gasteiger charge is 2.14. The summed E-state index contributed by atoms with van der Waals surface area (Å²) < 4.78 is 0. The summed E-state index contributed by atoms with van der Waals surface area (Å²) in [5, 5.41) is 11.9. The molecule has 1 heterocycles. The van der Waals surface area contributed by atoms with Crippen LogP contribution in [-0.4, -0.2) is 22.0 Å². The summed E-state index contributed by atoms with van der Waals surface area (Å²) >= 11 is 1.43. The quantitative estimate of drug-likeness (QED) is 0.840. The topological polar surface area (TPSA) is 79.3 Å². The van der Waals surface area contributed by atoms with Crippen LogP contribution in [0.3, 0.4) is 0 Å². The van der Waals surface area contributed by atoms with E-state index in [1.165, 1.54) is 16.9 Å². The largest absolute Gasteiger partial charge is 0.481 e. The molecule has 0 saturated carbocycles. The van der Waals surface area contributed by atoms with Gasteiger partial charge in [0.25, 0.3) is 0 Å². The van der Waals surface area contributed by atoms with Crippen molar-refractivity contribution in [1.29, 1.82) is 0 Å². The third kappa shape index (κ3) is 4.63. The van der Waals surface area contributed by atoms with E-state index in [0.717, 1.165) is 21.7 Å². The lowest BCUT2D eigenvalue weighted by Crippen LogP contribution is -2.11. The number of hydrogen-bond acceptors (Lipinski definition) is 4. The maximum atomic E-state index is 11.8. The first-order valence-corrected chi connectivity index (χ1v) is 8.25. The average molecular weight is 332 g/mol. The van der Waals surface area contributed by atoms with E-state index in [0.29, 0.717) is 11.6 Å². The number of carboxylic acids is 1. The molecule has 0 spiro atoms. The van der Waals surface area contributed by atoms with Crippen molar-refractivity contribution in [3.63, 3.8) is 0 Å². The third-order valence-electron chi connectivity index (χ3n) is 3.47. The molecule has 0 aliphatic rings. The van der Waals surface area contributed by atoms with Gasteiger partial charge >= 0.3 is 5.97 Å². The van der Waals surface area contributed by atoms with Crippen molar-refractivity contribution in [2.75, 3.05) is 5.32 Å². The van der Waals surface area contributed by atoms with E-state index < -0.39 is 5.97 Å².